The third-order valence-electron chi connectivity index (χ3n) is 2.89. The molecule has 0 bridgehead atoms. The summed E-state index contributed by atoms with van der Waals surface area (Å²) in [7, 11) is 0. The molecule has 0 amide bonds. The van der Waals surface area contributed by atoms with E-state index in [-0.39, 0.29) is 12.4 Å². The first-order chi connectivity index (χ1) is 10.4. The molecule has 0 spiro atoms. The van der Waals surface area contributed by atoms with Crippen LogP contribution in [0, 0.1) is 0 Å². The summed E-state index contributed by atoms with van der Waals surface area (Å²) in [5.41, 5.74) is 0.353. The smallest absolute Gasteiger partial charge is 0.416 e. The molecule has 0 aliphatic heterocycles. The number of ether oxygens (including phenoxy) is 1. The van der Waals surface area contributed by atoms with Gasteiger partial charge in [-0.3, -0.25) is 0 Å². The van der Waals surface area contributed by atoms with E-state index in [4.69, 9.17) is 4.74 Å². The van der Waals surface area contributed by atoms with Gasteiger partial charge in [0.15, 0.2) is 0 Å². The summed E-state index contributed by atoms with van der Waals surface area (Å²) in [5.74, 6) is 0.0895. The SMILES string of the molecule is OC(CNCc1ccsc1)COc1cccc(C(F)(F)F)c1. The zero-order valence-corrected chi connectivity index (χ0v) is 12.5. The molecule has 0 aliphatic rings. The minimum absolute atomic E-state index is 0.0715. The molecule has 3 nitrogen and oxygen atoms in total. The lowest BCUT2D eigenvalue weighted by Gasteiger charge is -2.14. The first-order valence-corrected chi connectivity index (χ1v) is 7.59. The van der Waals surface area contributed by atoms with E-state index in [9.17, 15) is 18.3 Å². The van der Waals surface area contributed by atoms with Crippen LogP contribution in [0.3, 0.4) is 0 Å². The van der Waals surface area contributed by atoms with Crippen LogP contribution in [0.4, 0.5) is 13.2 Å². The van der Waals surface area contributed by atoms with Gasteiger partial charge in [0.2, 0.25) is 0 Å². The molecule has 2 aromatic rings. The highest BCUT2D eigenvalue weighted by molar-refractivity contribution is 7.07. The van der Waals surface area contributed by atoms with E-state index in [1.165, 1.54) is 12.1 Å². The molecule has 1 unspecified atom stereocenters. The van der Waals surface area contributed by atoms with E-state index in [2.05, 4.69) is 5.32 Å². The maximum Gasteiger partial charge on any atom is 0.416 e. The quantitative estimate of drug-likeness (QED) is 0.818. The van der Waals surface area contributed by atoms with E-state index >= 15 is 0 Å². The molecule has 2 rings (SSSR count). The number of nitrogens with one attached hydrogen (secondary N) is 1. The first kappa shape index (κ1) is 16.8. The fourth-order valence-corrected chi connectivity index (χ4v) is 2.46. The average molecular weight is 331 g/mol. The third kappa shape index (κ3) is 5.32. The standard InChI is InChI=1S/C15H16F3NO2S/c16-15(17,18)12-2-1-3-14(6-12)21-9-13(20)8-19-7-11-4-5-22-10-11/h1-6,10,13,19-20H,7-9H2. The Labute approximate surface area is 130 Å². The van der Waals surface area contributed by atoms with Gasteiger partial charge in [-0.2, -0.15) is 24.5 Å². The molecule has 1 atom stereocenters. The summed E-state index contributed by atoms with van der Waals surface area (Å²) in [5, 5.41) is 16.8. The lowest BCUT2D eigenvalue weighted by Crippen LogP contribution is -2.31. The number of thiophene rings is 1. The number of hydrogen-bond acceptors (Lipinski definition) is 4. The maximum atomic E-state index is 12.6. The van der Waals surface area contributed by atoms with Gasteiger partial charge in [-0.1, -0.05) is 6.07 Å². The molecule has 1 aromatic heterocycles. The Morgan fingerprint density at radius 1 is 1.27 bits per heavy atom. The highest BCUT2D eigenvalue weighted by Gasteiger charge is 2.30. The Bertz CT molecular complexity index is 572. The van der Waals surface area contributed by atoms with Crippen molar-refractivity contribution in [1.82, 2.24) is 5.32 Å². The topological polar surface area (TPSA) is 41.5 Å². The van der Waals surface area contributed by atoms with Gasteiger partial charge in [-0.15, -0.1) is 0 Å². The fourth-order valence-electron chi connectivity index (χ4n) is 1.79. The van der Waals surface area contributed by atoms with Crippen LogP contribution >= 0.6 is 11.3 Å². The van der Waals surface area contributed by atoms with Crippen LogP contribution < -0.4 is 10.1 Å². The summed E-state index contributed by atoms with van der Waals surface area (Å²) in [6.45, 7) is 0.858. The minimum atomic E-state index is -4.40. The van der Waals surface area contributed by atoms with Crippen molar-refractivity contribution >= 4 is 11.3 Å². The molecule has 0 radical (unpaired) electrons. The summed E-state index contributed by atoms with van der Waals surface area (Å²) in [4.78, 5) is 0. The van der Waals surface area contributed by atoms with Crippen molar-refractivity contribution in [3.05, 3.63) is 52.2 Å². The maximum absolute atomic E-state index is 12.6. The first-order valence-electron chi connectivity index (χ1n) is 6.65. The summed E-state index contributed by atoms with van der Waals surface area (Å²) >= 11 is 1.59. The second-order valence-electron chi connectivity index (χ2n) is 4.75. The molecular formula is C15H16F3NO2S. The molecule has 0 fully saturated rings. The lowest BCUT2D eigenvalue weighted by molar-refractivity contribution is -0.137. The zero-order chi connectivity index (χ0) is 16.0. The Morgan fingerprint density at radius 2 is 2.09 bits per heavy atom. The second kappa shape index (κ2) is 7.62. The molecule has 0 saturated carbocycles. The molecular weight excluding hydrogens is 315 g/mol. The number of halogens is 3. The van der Waals surface area contributed by atoms with Crippen molar-refractivity contribution in [2.24, 2.45) is 0 Å². The van der Waals surface area contributed by atoms with Crippen LogP contribution in [0.15, 0.2) is 41.1 Å². The van der Waals surface area contributed by atoms with Crippen molar-refractivity contribution < 1.29 is 23.0 Å². The van der Waals surface area contributed by atoms with Gasteiger partial charge in [0.1, 0.15) is 18.5 Å². The van der Waals surface area contributed by atoms with Gasteiger partial charge < -0.3 is 15.2 Å². The Balaban J connectivity index is 1.75. The van der Waals surface area contributed by atoms with Crippen molar-refractivity contribution in [3.8, 4) is 5.75 Å². The normalized spacial score (nSPS) is 13.1. The van der Waals surface area contributed by atoms with Crippen LogP contribution in [-0.4, -0.2) is 24.4 Å². The van der Waals surface area contributed by atoms with Gasteiger partial charge in [0.25, 0.3) is 0 Å². The van der Waals surface area contributed by atoms with Gasteiger partial charge in [0.05, 0.1) is 5.56 Å². The number of aliphatic hydroxyl groups excluding tert-OH is 1. The highest BCUT2D eigenvalue weighted by atomic mass is 32.1. The summed E-state index contributed by atoms with van der Waals surface area (Å²) < 4.78 is 42.9. The van der Waals surface area contributed by atoms with E-state index in [1.807, 2.05) is 16.8 Å². The van der Waals surface area contributed by atoms with Gasteiger partial charge in [-0.25, -0.2) is 0 Å². The number of aliphatic hydroxyl groups is 1. The fraction of sp³-hybridized carbons (Fsp3) is 0.333. The number of hydrogen-bond donors (Lipinski definition) is 2. The largest absolute Gasteiger partial charge is 0.491 e. The Morgan fingerprint density at radius 3 is 2.77 bits per heavy atom. The van der Waals surface area contributed by atoms with Crippen molar-refractivity contribution in [1.29, 1.82) is 0 Å². The van der Waals surface area contributed by atoms with Gasteiger partial charge >= 0.3 is 6.18 Å². The van der Waals surface area contributed by atoms with E-state index in [1.54, 1.807) is 11.3 Å². The van der Waals surface area contributed by atoms with Crippen LogP contribution in [0.25, 0.3) is 0 Å². The van der Waals surface area contributed by atoms with Gasteiger partial charge in [-0.05, 0) is 40.6 Å². The van der Waals surface area contributed by atoms with Crippen LogP contribution in [0.1, 0.15) is 11.1 Å². The molecule has 120 valence electrons. The summed E-state index contributed by atoms with van der Waals surface area (Å²) in [6, 6.07) is 6.58. The molecule has 1 aromatic carbocycles. The van der Waals surface area contributed by atoms with Crippen LogP contribution in [-0.2, 0) is 12.7 Å². The average Bonchev–Trinajstić information content (AvgIpc) is 2.98. The predicted molar refractivity (Wildman–Crippen MR) is 79.0 cm³/mol. The molecule has 0 aliphatic carbocycles. The highest BCUT2D eigenvalue weighted by Crippen LogP contribution is 2.31. The second-order valence-corrected chi connectivity index (χ2v) is 5.53. The lowest BCUT2D eigenvalue weighted by atomic mass is 10.2. The Hall–Kier alpha value is -1.57. The Kier molecular flexibility index (Phi) is 5.82. The monoisotopic (exact) mass is 331 g/mol. The minimum Gasteiger partial charge on any atom is -0.491 e. The van der Waals surface area contributed by atoms with Gasteiger partial charge in [0, 0.05) is 13.1 Å². The third-order valence-corrected chi connectivity index (χ3v) is 3.62. The van der Waals surface area contributed by atoms with E-state index < -0.39 is 17.8 Å². The molecule has 22 heavy (non-hydrogen) atoms. The molecule has 0 saturated heterocycles. The van der Waals surface area contributed by atoms with E-state index in [0.717, 1.165) is 17.7 Å². The molecule has 7 heteroatoms. The van der Waals surface area contributed by atoms with Crippen molar-refractivity contribution in [3.63, 3.8) is 0 Å². The molecule has 2 N–H and O–H groups in total. The zero-order valence-electron chi connectivity index (χ0n) is 11.6. The predicted octanol–water partition coefficient (Wildman–Crippen LogP) is 3.30. The number of benzene rings is 1. The molecule has 1 heterocycles. The van der Waals surface area contributed by atoms with Crippen molar-refractivity contribution in [2.45, 2.75) is 18.8 Å². The summed E-state index contributed by atoms with van der Waals surface area (Å²) in [6.07, 6.45) is -5.20. The van der Waals surface area contributed by atoms with Crippen molar-refractivity contribution in [2.75, 3.05) is 13.2 Å². The number of rotatable bonds is 7. The van der Waals surface area contributed by atoms with Crippen LogP contribution in [0.5, 0.6) is 5.75 Å². The van der Waals surface area contributed by atoms with Crippen LogP contribution in [0.2, 0.25) is 0 Å². The van der Waals surface area contributed by atoms with E-state index in [0.29, 0.717) is 13.1 Å². The number of alkyl halides is 3.